The van der Waals surface area contributed by atoms with Crippen molar-refractivity contribution in [2.24, 2.45) is 5.73 Å². The molecule has 4 amide bonds. The Bertz CT molecular complexity index is 4560. The molecule has 0 atom stereocenters. The summed E-state index contributed by atoms with van der Waals surface area (Å²) in [7, 11) is 14.6. The van der Waals surface area contributed by atoms with Gasteiger partial charge in [0.25, 0.3) is 23.6 Å². The quantitative estimate of drug-likeness (QED) is 0.0443. The van der Waals surface area contributed by atoms with Crippen LogP contribution in [0.15, 0.2) is 128 Å². The number of pyridine rings is 6. The minimum Gasteiger partial charge on any atom is -0.494 e. The lowest BCUT2D eigenvalue weighted by Gasteiger charge is -2.16. The maximum atomic E-state index is 12.8. The van der Waals surface area contributed by atoms with E-state index in [1.165, 1.54) is 21.3 Å². The fraction of sp³-hybridized carbons (Fsp3) is 0.239. The third kappa shape index (κ3) is 16.6. The van der Waals surface area contributed by atoms with E-state index < -0.39 is 5.91 Å². The minimum atomic E-state index is -0.603. The summed E-state index contributed by atoms with van der Waals surface area (Å²) in [4.78, 5) is 81.0. The van der Waals surface area contributed by atoms with E-state index in [4.69, 9.17) is 66.7 Å². The molecule has 7 N–H and O–H groups in total. The number of anilines is 7. The number of nitrogen functional groups attached to an aromatic ring is 1. The van der Waals surface area contributed by atoms with Gasteiger partial charge >= 0.3 is 0 Å². The van der Waals surface area contributed by atoms with E-state index >= 15 is 0 Å². The molecule has 0 radical (unpaired) electrons. The molecular formula is C71H71ClN16O10. The first-order valence-electron chi connectivity index (χ1n) is 30.3. The van der Waals surface area contributed by atoms with Gasteiger partial charge in [0.15, 0.2) is 17.2 Å². The molecule has 98 heavy (non-hydrogen) atoms. The number of hydrogen-bond donors (Lipinski definition) is 5. The lowest BCUT2D eigenvalue weighted by molar-refractivity contribution is 0.0809. The van der Waals surface area contributed by atoms with Crippen LogP contribution in [0.2, 0.25) is 5.15 Å². The summed E-state index contributed by atoms with van der Waals surface area (Å²) in [5.74, 6) is 0.731. The molecule has 0 unspecified atom stereocenters. The van der Waals surface area contributed by atoms with Crippen molar-refractivity contribution < 1.29 is 47.6 Å². The van der Waals surface area contributed by atoms with Gasteiger partial charge in [-0.3, -0.25) is 39.1 Å². The van der Waals surface area contributed by atoms with Crippen LogP contribution in [0.5, 0.6) is 17.2 Å². The van der Waals surface area contributed by atoms with Crippen molar-refractivity contribution in [3.05, 3.63) is 223 Å². The minimum absolute atomic E-state index is 0.0998. The maximum absolute atomic E-state index is 12.8. The van der Waals surface area contributed by atoms with E-state index in [2.05, 4.69) is 48.0 Å². The number of methoxy groups -OCH3 is 6. The van der Waals surface area contributed by atoms with Crippen LogP contribution in [-0.4, -0.2) is 132 Å². The second kappa shape index (κ2) is 32.6. The van der Waals surface area contributed by atoms with Crippen LogP contribution in [-0.2, 0) is 66.5 Å². The van der Waals surface area contributed by atoms with Gasteiger partial charge in [0.2, 0.25) is 0 Å². The predicted molar refractivity (Wildman–Crippen MR) is 367 cm³/mol. The Morgan fingerprint density at radius 1 is 0.500 bits per heavy atom. The molecule has 6 aromatic heterocycles. The number of carbonyl (C=O) groups is 4. The normalized spacial score (nSPS) is 12.3. The molecule has 0 saturated heterocycles. The highest BCUT2D eigenvalue weighted by molar-refractivity contribution is 6.30. The molecule has 9 heterocycles. The standard InChI is InChI=1S/C24H25N5O4.C24H23N5O3.C16H13ClN4O2.C7H10N2O/c1-29-12-20-21(24(29)31)19(28-18-6-4-5-17(23(25)30)22(18)33-3)11-16(27-20)10-15-9-14(13-32-2)7-8-26-15;1-29-13-21-22(24(29)30)20(28-19-6-4-5-16(12-25)23(19)32-3)11-18(27-21)10-17-9-15(14-31-2)7-8-26-17;1-21-8-12-14(16(21)22)11(6-13(17)20-12)19-10-5-3-4-9(7-18)15(10)23-2;1-10-5-6-2-3-9-7(8)4-6/h4-9,11H,10,12-13H2,1-3H3,(H2,25,30)(H,27,28);4-9,11H,10,13-14H2,1-3H3,(H,27,28);3-6H,8H2,1-2H3,(H,19,20);2-4H,5H2,1H3,(H2,8,9). The molecule has 27 heteroatoms. The molecular weight excluding hydrogens is 1270 g/mol. The van der Waals surface area contributed by atoms with Crippen LogP contribution < -0.4 is 41.6 Å². The number of nitrogens with zero attached hydrogens (tertiary/aromatic N) is 11. The summed E-state index contributed by atoms with van der Waals surface area (Å²) in [5, 5.41) is 28.6. The van der Waals surface area contributed by atoms with Gasteiger partial charge in [-0.25, -0.2) is 9.97 Å². The Hall–Kier alpha value is -11.8. The number of ether oxygens (including phenoxy) is 6. The van der Waals surface area contributed by atoms with Gasteiger partial charge in [-0.05, 0) is 108 Å². The van der Waals surface area contributed by atoms with Crippen molar-refractivity contribution >= 4 is 75.2 Å². The van der Waals surface area contributed by atoms with E-state index in [9.17, 15) is 24.4 Å². The Morgan fingerprint density at radius 2 is 0.878 bits per heavy atom. The van der Waals surface area contributed by atoms with Crippen LogP contribution >= 0.6 is 11.6 Å². The number of fused-ring (bicyclic) bond motifs is 3. The monoisotopic (exact) mass is 1340 g/mol. The Morgan fingerprint density at radius 3 is 1.27 bits per heavy atom. The molecule has 9 aromatic rings. The largest absolute Gasteiger partial charge is 0.494 e. The topological polar surface area (TPSA) is 346 Å². The number of carbonyl (C=O) groups excluding carboxylic acids is 4. The fourth-order valence-corrected chi connectivity index (χ4v) is 11.3. The molecule has 0 saturated carbocycles. The number of rotatable bonds is 20. The number of hydrogen-bond acceptors (Lipinski definition) is 22. The highest BCUT2D eigenvalue weighted by atomic mass is 35.5. The van der Waals surface area contributed by atoms with Gasteiger partial charge in [0, 0.05) is 96.7 Å². The van der Waals surface area contributed by atoms with E-state index in [0.29, 0.717) is 160 Å². The zero-order chi connectivity index (χ0) is 70.2. The molecule has 3 aromatic carbocycles. The average Bonchev–Trinajstić information content (AvgIpc) is 1.60. The van der Waals surface area contributed by atoms with Gasteiger partial charge in [-0.1, -0.05) is 29.8 Å². The summed E-state index contributed by atoms with van der Waals surface area (Å²) >= 11 is 6.06. The van der Waals surface area contributed by atoms with Crippen molar-refractivity contribution in [1.29, 1.82) is 10.5 Å². The maximum Gasteiger partial charge on any atom is 0.257 e. The first-order valence-corrected chi connectivity index (χ1v) is 30.7. The van der Waals surface area contributed by atoms with E-state index in [1.807, 2.05) is 48.5 Å². The number of halogens is 1. The van der Waals surface area contributed by atoms with Gasteiger partial charge in [-0.15, -0.1) is 0 Å². The number of primary amides is 1. The molecule has 26 nitrogen and oxygen atoms in total. The first kappa shape index (κ1) is 70.5. The summed E-state index contributed by atoms with van der Waals surface area (Å²) in [6, 6.07) is 36.4. The third-order valence-electron chi connectivity index (χ3n) is 15.4. The lowest BCUT2D eigenvalue weighted by Crippen LogP contribution is -2.18. The number of para-hydroxylation sites is 3. The lowest BCUT2D eigenvalue weighted by atomic mass is 10.1. The van der Waals surface area contributed by atoms with E-state index in [0.717, 1.165) is 39.5 Å². The van der Waals surface area contributed by atoms with Crippen molar-refractivity contribution in [3.63, 3.8) is 0 Å². The second-order valence-electron chi connectivity index (χ2n) is 22.4. The number of nitrogens with one attached hydrogen (secondary N) is 3. The zero-order valence-corrected chi connectivity index (χ0v) is 56.1. The SMILES string of the molecule is COCc1ccnc(Cc2cc(Nc3cccc(C#N)c3OC)c3c(n2)CN(C)C3=O)c1.COCc1ccnc(Cc2cc(Nc3cccc(C(N)=O)c3OC)c3c(n2)CN(C)C3=O)c1.COCc1ccnc(N)c1.COc1c(C#N)cccc1Nc1cc(Cl)nc2c1C(=O)N(C)C2. The molecule has 502 valence electrons. The third-order valence-corrected chi connectivity index (χ3v) is 15.6. The summed E-state index contributed by atoms with van der Waals surface area (Å²) in [6.07, 6.45) is 6.16. The van der Waals surface area contributed by atoms with E-state index in [1.54, 1.807) is 136 Å². The zero-order valence-electron chi connectivity index (χ0n) is 55.3. The predicted octanol–water partition coefficient (Wildman–Crippen LogP) is 9.83. The molecule has 12 rings (SSSR count). The number of nitrogens with two attached hydrogens (primary N) is 2. The smallest absolute Gasteiger partial charge is 0.257 e. The fourth-order valence-electron chi connectivity index (χ4n) is 11.1. The Balaban J connectivity index is 0.000000162. The Kier molecular flexibility index (Phi) is 23.4. The molecule has 3 aliphatic rings. The second-order valence-corrected chi connectivity index (χ2v) is 22.8. The van der Waals surface area contributed by atoms with Crippen LogP contribution in [0.25, 0.3) is 0 Å². The summed E-state index contributed by atoms with van der Waals surface area (Å²) in [5.41, 5.74) is 25.3. The van der Waals surface area contributed by atoms with Gasteiger partial charge in [-0.2, -0.15) is 10.5 Å². The van der Waals surface area contributed by atoms with Gasteiger partial charge < -0.3 is 70.5 Å². The van der Waals surface area contributed by atoms with Crippen LogP contribution in [0, 0.1) is 22.7 Å². The van der Waals surface area contributed by atoms with Crippen LogP contribution in [0.4, 0.5) is 39.9 Å². The Labute approximate surface area is 571 Å². The average molecular weight is 1340 g/mol. The van der Waals surface area contributed by atoms with Crippen LogP contribution in [0.1, 0.15) is 109 Å². The highest BCUT2D eigenvalue weighted by Gasteiger charge is 2.33. The van der Waals surface area contributed by atoms with Crippen molar-refractivity contribution in [2.45, 2.75) is 52.3 Å². The molecule has 3 aliphatic heterocycles. The van der Waals surface area contributed by atoms with Crippen molar-refractivity contribution in [2.75, 3.05) is 85.5 Å². The first-order chi connectivity index (χ1) is 47.3. The van der Waals surface area contributed by atoms with Crippen LogP contribution in [0.3, 0.4) is 0 Å². The molecule has 0 fully saturated rings. The van der Waals surface area contributed by atoms with Crippen molar-refractivity contribution in [1.82, 2.24) is 44.6 Å². The van der Waals surface area contributed by atoms with Gasteiger partial charge in [0.05, 0.1) is 145 Å². The number of benzene rings is 3. The summed E-state index contributed by atoms with van der Waals surface area (Å²) < 4.78 is 31.5. The van der Waals surface area contributed by atoms with E-state index in [-0.39, 0.29) is 23.3 Å². The number of aromatic nitrogens is 6. The molecule has 0 bridgehead atoms. The molecule has 0 aliphatic carbocycles. The highest BCUT2D eigenvalue weighted by Crippen LogP contribution is 2.39. The number of amides is 4. The van der Waals surface area contributed by atoms with Gasteiger partial charge in [0.1, 0.15) is 23.1 Å². The number of nitriles is 2. The molecule has 0 spiro atoms. The summed E-state index contributed by atoms with van der Waals surface area (Å²) in [6.45, 7) is 2.85. The van der Waals surface area contributed by atoms with Crippen molar-refractivity contribution in [3.8, 4) is 29.4 Å².